The number of ether oxygens (including phenoxy) is 4. The molecule has 1 amide bonds. The molecule has 2 aliphatic heterocycles. The fourth-order valence-corrected chi connectivity index (χ4v) is 3.46. The molecule has 2 aliphatic rings. The minimum atomic E-state index is -2.23. The van der Waals surface area contributed by atoms with Crippen molar-refractivity contribution >= 4 is 46.7 Å². The maximum Gasteiger partial charge on any atom is 0.338 e. The number of hydrogen-bond donors (Lipinski definition) is 1. The highest BCUT2D eigenvalue weighted by Gasteiger charge is 2.64. The SMILES string of the molecule is C=C[C@]1(NC(=O)C(Cl)(Cl)Cl)[C@@H](COC(=O)c2ccccc2)O[C@@H]2OC(C)(C)O[C@@H]21. The largest absolute Gasteiger partial charge is 0.459 e. The van der Waals surface area contributed by atoms with Gasteiger partial charge >= 0.3 is 5.97 Å². The van der Waals surface area contributed by atoms with Gasteiger partial charge in [-0.3, -0.25) is 4.79 Å². The Hall–Kier alpha value is -1.35. The highest BCUT2D eigenvalue weighted by atomic mass is 35.6. The summed E-state index contributed by atoms with van der Waals surface area (Å²) < 4.78 is 20.7. The number of amides is 1. The number of carbonyl (C=O) groups is 2. The van der Waals surface area contributed by atoms with Gasteiger partial charge in [0.05, 0.1) is 5.56 Å². The molecule has 7 nitrogen and oxygen atoms in total. The minimum absolute atomic E-state index is 0.222. The van der Waals surface area contributed by atoms with Crippen LogP contribution in [0.2, 0.25) is 0 Å². The Morgan fingerprint density at radius 2 is 1.90 bits per heavy atom. The molecule has 1 N–H and O–H groups in total. The molecule has 3 rings (SSSR count). The van der Waals surface area contributed by atoms with Gasteiger partial charge in [-0.2, -0.15) is 0 Å². The molecule has 0 radical (unpaired) electrons. The molecular formula is C19H20Cl3NO6. The summed E-state index contributed by atoms with van der Waals surface area (Å²) in [6.07, 6.45) is -1.13. The first kappa shape index (κ1) is 22.3. The van der Waals surface area contributed by atoms with Crippen LogP contribution in [0, 0.1) is 0 Å². The van der Waals surface area contributed by atoms with Gasteiger partial charge in [0.25, 0.3) is 9.70 Å². The van der Waals surface area contributed by atoms with E-state index in [4.69, 9.17) is 53.8 Å². The van der Waals surface area contributed by atoms with Crippen molar-refractivity contribution in [3.05, 3.63) is 48.6 Å². The van der Waals surface area contributed by atoms with Crippen molar-refractivity contribution in [2.75, 3.05) is 6.61 Å². The lowest BCUT2D eigenvalue weighted by atomic mass is 9.88. The number of esters is 1. The van der Waals surface area contributed by atoms with Crippen LogP contribution in [0.25, 0.3) is 0 Å². The first-order valence-corrected chi connectivity index (χ1v) is 9.88. The predicted molar refractivity (Wildman–Crippen MR) is 107 cm³/mol. The Kier molecular flexibility index (Phi) is 6.21. The van der Waals surface area contributed by atoms with E-state index in [0.717, 1.165) is 0 Å². The van der Waals surface area contributed by atoms with Crippen LogP contribution in [0.4, 0.5) is 0 Å². The molecule has 0 unspecified atom stereocenters. The van der Waals surface area contributed by atoms with Crippen LogP contribution in [0.15, 0.2) is 43.0 Å². The molecule has 0 bridgehead atoms. The molecule has 0 aromatic heterocycles. The van der Waals surface area contributed by atoms with Gasteiger partial charge in [0, 0.05) is 0 Å². The van der Waals surface area contributed by atoms with E-state index in [9.17, 15) is 9.59 Å². The summed E-state index contributed by atoms with van der Waals surface area (Å²) in [5.41, 5.74) is -0.995. The number of nitrogens with one attached hydrogen (secondary N) is 1. The maximum atomic E-state index is 12.4. The topological polar surface area (TPSA) is 83.1 Å². The second-order valence-electron chi connectivity index (χ2n) is 7.10. The molecule has 2 heterocycles. The van der Waals surface area contributed by atoms with Crippen LogP contribution < -0.4 is 5.32 Å². The number of alkyl halides is 3. The van der Waals surface area contributed by atoms with Crippen LogP contribution >= 0.6 is 34.8 Å². The molecule has 29 heavy (non-hydrogen) atoms. The Morgan fingerprint density at radius 3 is 2.48 bits per heavy atom. The quantitative estimate of drug-likeness (QED) is 0.409. The highest BCUT2D eigenvalue weighted by Crippen LogP contribution is 2.44. The van der Waals surface area contributed by atoms with Gasteiger partial charge in [0.2, 0.25) is 0 Å². The van der Waals surface area contributed by atoms with Crippen molar-refractivity contribution in [3.63, 3.8) is 0 Å². The molecule has 2 fully saturated rings. The summed E-state index contributed by atoms with van der Waals surface area (Å²) in [7, 11) is 0. The van der Waals surface area contributed by atoms with Crippen LogP contribution in [0.3, 0.4) is 0 Å². The fourth-order valence-electron chi connectivity index (χ4n) is 3.31. The lowest BCUT2D eigenvalue weighted by molar-refractivity contribution is -0.214. The molecule has 10 heteroatoms. The molecule has 1 aromatic carbocycles. The number of fused-ring (bicyclic) bond motifs is 1. The first-order chi connectivity index (χ1) is 13.5. The first-order valence-electron chi connectivity index (χ1n) is 8.75. The van der Waals surface area contributed by atoms with Crippen LogP contribution in [0.1, 0.15) is 24.2 Å². The maximum absolute atomic E-state index is 12.4. The van der Waals surface area contributed by atoms with Crippen molar-refractivity contribution in [2.45, 2.75) is 47.5 Å². The third-order valence-electron chi connectivity index (χ3n) is 4.66. The van der Waals surface area contributed by atoms with Crippen molar-refractivity contribution in [1.29, 1.82) is 0 Å². The van der Waals surface area contributed by atoms with E-state index in [1.165, 1.54) is 6.08 Å². The number of halogens is 3. The van der Waals surface area contributed by atoms with Gasteiger partial charge in [-0.15, -0.1) is 6.58 Å². The Balaban J connectivity index is 1.83. The molecule has 158 valence electrons. The molecule has 0 saturated carbocycles. The van der Waals surface area contributed by atoms with Crippen molar-refractivity contribution in [2.24, 2.45) is 0 Å². The van der Waals surface area contributed by atoms with E-state index in [0.29, 0.717) is 5.56 Å². The summed E-state index contributed by atoms with van der Waals surface area (Å²) in [6.45, 7) is 6.97. The highest BCUT2D eigenvalue weighted by molar-refractivity contribution is 6.76. The van der Waals surface area contributed by atoms with Gasteiger partial charge in [-0.1, -0.05) is 59.1 Å². The summed E-state index contributed by atoms with van der Waals surface area (Å²) in [5, 5.41) is 2.63. The lowest BCUT2D eigenvalue weighted by Gasteiger charge is -2.36. The third kappa shape index (κ3) is 4.55. The monoisotopic (exact) mass is 463 g/mol. The number of hydrogen-bond acceptors (Lipinski definition) is 6. The standard InChI is InChI=1S/C19H20Cl3NO6/c1-4-18(23-16(25)19(20,21)22)12(27-15-13(18)28-17(2,3)29-15)10-26-14(24)11-8-6-5-7-9-11/h4-9,12-13,15H,1,10H2,2-3H3,(H,23,25)/t12-,13+,15-,18+/m1/s1. The van der Waals surface area contributed by atoms with E-state index in [2.05, 4.69) is 11.9 Å². The van der Waals surface area contributed by atoms with E-state index in [1.807, 2.05) is 0 Å². The molecular weight excluding hydrogens is 445 g/mol. The molecule has 1 aromatic rings. The van der Waals surface area contributed by atoms with Crippen LogP contribution in [0.5, 0.6) is 0 Å². The normalized spacial score (nSPS) is 30.4. The lowest BCUT2D eigenvalue weighted by Crippen LogP contribution is -2.63. The van der Waals surface area contributed by atoms with E-state index in [-0.39, 0.29) is 6.61 Å². The zero-order valence-electron chi connectivity index (χ0n) is 15.7. The average molecular weight is 465 g/mol. The van der Waals surface area contributed by atoms with Gasteiger partial charge in [0.1, 0.15) is 24.4 Å². The average Bonchev–Trinajstić information content (AvgIpc) is 3.10. The minimum Gasteiger partial charge on any atom is -0.459 e. The summed E-state index contributed by atoms with van der Waals surface area (Å²) in [5.74, 6) is -2.43. The molecule has 2 saturated heterocycles. The van der Waals surface area contributed by atoms with Crippen molar-refractivity contribution in [1.82, 2.24) is 5.32 Å². The van der Waals surface area contributed by atoms with Crippen LogP contribution in [-0.2, 0) is 23.7 Å². The second-order valence-corrected chi connectivity index (χ2v) is 9.38. The molecule has 0 spiro atoms. The van der Waals surface area contributed by atoms with Gasteiger partial charge < -0.3 is 24.3 Å². The number of carbonyl (C=O) groups excluding carboxylic acids is 2. The van der Waals surface area contributed by atoms with Crippen molar-refractivity contribution in [3.8, 4) is 0 Å². The van der Waals surface area contributed by atoms with Gasteiger partial charge in [-0.25, -0.2) is 4.79 Å². The van der Waals surface area contributed by atoms with Crippen molar-refractivity contribution < 1.29 is 28.5 Å². The molecule has 0 aliphatic carbocycles. The van der Waals surface area contributed by atoms with Crippen LogP contribution in [-0.4, -0.2) is 52.1 Å². The van der Waals surface area contributed by atoms with E-state index < -0.39 is 45.5 Å². The van der Waals surface area contributed by atoms with E-state index in [1.54, 1.807) is 44.2 Å². The number of rotatable bonds is 5. The molecule has 4 atom stereocenters. The number of benzene rings is 1. The Labute approximate surface area is 183 Å². The predicted octanol–water partition coefficient (Wildman–Crippen LogP) is 3.13. The van der Waals surface area contributed by atoms with Gasteiger partial charge in [-0.05, 0) is 26.0 Å². The second kappa shape index (κ2) is 8.06. The zero-order chi connectivity index (χ0) is 21.4. The summed E-state index contributed by atoms with van der Waals surface area (Å²) in [6, 6.07) is 8.45. The zero-order valence-corrected chi connectivity index (χ0v) is 18.0. The Morgan fingerprint density at radius 1 is 1.24 bits per heavy atom. The fraction of sp³-hybridized carbons (Fsp3) is 0.474. The summed E-state index contributed by atoms with van der Waals surface area (Å²) in [4.78, 5) is 24.7. The third-order valence-corrected chi connectivity index (χ3v) is 5.18. The Bertz CT molecular complexity index is 797. The van der Waals surface area contributed by atoms with Gasteiger partial charge in [0.15, 0.2) is 12.1 Å². The summed E-state index contributed by atoms with van der Waals surface area (Å²) >= 11 is 17.2. The smallest absolute Gasteiger partial charge is 0.338 e. The van der Waals surface area contributed by atoms with E-state index >= 15 is 0 Å².